The van der Waals surface area contributed by atoms with E-state index in [9.17, 15) is 4.39 Å². The highest BCUT2D eigenvalue weighted by Gasteiger charge is 2.32. The Morgan fingerprint density at radius 3 is 2.11 bits per heavy atom. The topological polar surface area (TPSA) is 30.5 Å². The Hall–Kier alpha value is -2.56. The van der Waals surface area contributed by atoms with Crippen LogP contribution in [0.3, 0.4) is 0 Å². The summed E-state index contributed by atoms with van der Waals surface area (Å²) in [7, 11) is 1.96. The minimum absolute atomic E-state index is 0. The molecule has 3 nitrogen and oxygen atoms in total. The Labute approximate surface area is 164 Å². The molecule has 3 aromatic rings. The molecule has 5 heteroatoms. The van der Waals surface area contributed by atoms with Crippen LogP contribution in [0, 0.1) is 5.82 Å². The fourth-order valence-electron chi connectivity index (χ4n) is 3.33. The third-order valence-electron chi connectivity index (χ3n) is 4.67. The number of fused-ring (bicyclic) bond motifs is 1. The van der Waals surface area contributed by atoms with Crippen molar-refractivity contribution in [3.05, 3.63) is 89.7 Å². The van der Waals surface area contributed by atoms with E-state index in [4.69, 9.17) is 9.47 Å². The Bertz CT molecular complexity index is 884. The first-order chi connectivity index (χ1) is 12.7. The summed E-state index contributed by atoms with van der Waals surface area (Å²) < 4.78 is 24.9. The van der Waals surface area contributed by atoms with Crippen LogP contribution in [-0.2, 0) is 6.42 Å². The second-order valence-corrected chi connectivity index (χ2v) is 6.36. The second kappa shape index (κ2) is 8.42. The van der Waals surface area contributed by atoms with Crippen LogP contribution in [0.4, 0.5) is 4.39 Å². The van der Waals surface area contributed by atoms with Crippen molar-refractivity contribution in [2.45, 2.75) is 18.6 Å². The number of likely N-dealkylation sites (N-methyl/N-ethyl adjacent to an activating group) is 1. The number of nitrogens with one attached hydrogen (secondary N) is 1. The lowest BCUT2D eigenvalue weighted by molar-refractivity contribution is 0.172. The van der Waals surface area contributed by atoms with Crippen LogP contribution in [0.2, 0.25) is 0 Å². The van der Waals surface area contributed by atoms with E-state index in [0.29, 0.717) is 11.5 Å². The first-order valence-electron chi connectivity index (χ1n) is 8.68. The van der Waals surface area contributed by atoms with Crippen LogP contribution in [0.25, 0.3) is 0 Å². The number of hydrogen-bond donors (Lipinski definition) is 1. The van der Waals surface area contributed by atoms with Crippen molar-refractivity contribution in [3.8, 4) is 17.2 Å². The molecule has 2 unspecified atom stereocenters. The van der Waals surface area contributed by atoms with Crippen LogP contribution in [0.1, 0.15) is 17.2 Å². The van der Waals surface area contributed by atoms with Crippen molar-refractivity contribution in [2.75, 3.05) is 7.05 Å². The first kappa shape index (κ1) is 19.2. The normalized spacial score (nSPS) is 17.7. The van der Waals surface area contributed by atoms with E-state index in [1.54, 1.807) is 12.1 Å². The molecule has 1 aliphatic carbocycles. The maximum Gasteiger partial charge on any atom is 0.140 e. The molecule has 4 rings (SSSR count). The lowest BCUT2D eigenvalue weighted by atomic mass is 10.1. The monoisotopic (exact) mass is 385 g/mol. The zero-order valence-corrected chi connectivity index (χ0v) is 15.7. The number of rotatable bonds is 5. The van der Waals surface area contributed by atoms with E-state index in [1.165, 1.54) is 23.3 Å². The molecule has 0 bridgehead atoms. The number of ether oxygens (including phenoxy) is 2. The molecule has 0 amide bonds. The van der Waals surface area contributed by atoms with E-state index in [-0.39, 0.29) is 30.4 Å². The van der Waals surface area contributed by atoms with Gasteiger partial charge in [-0.15, -0.1) is 12.4 Å². The molecule has 0 aromatic heterocycles. The number of benzene rings is 3. The van der Waals surface area contributed by atoms with Gasteiger partial charge in [-0.25, -0.2) is 4.39 Å². The minimum atomic E-state index is -0.281. The zero-order valence-electron chi connectivity index (χ0n) is 14.9. The minimum Gasteiger partial charge on any atom is -0.484 e. The van der Waals surface area contributed by atoms with Gasteiger partial charge in [-0.1, -0.05) is 24.3 Å². The summed E-state index contributed by atoms with van der Waals surface area (Å²) in [6.45, 7) is 0. The molecule has 0 aliphatic heterocycles. The number of hydrogen-bond acceptors (Lipinski definition) is 3. The van der Waals surface area contributed by atoms with Gasteiger partial charge in [-0.2, -0.15) is 0 Å². The second-order valence-electron chi connectivity index (χ2n) is 6.36. The average Bonchev–Trinajstić information content (AvgIpc) is 3.03. The third kappa shape index (κ3) is 4.24. The fraction of sp³-hybridized carbons (Fsp3) is 0.182. The molecule has 0 spiro atoms. The van der Waals surface area contributed by atoms with Gasteiger partial charge in [0, 0.05) is 0 Å². The lowest BCUT2D eigenvalue weighted by Crippen LogP contribution is -2.32. The van der Waals surface area contributed by atoms with Crippen molar-refractivity contribution in [1.82, 2.24) is 5.32 Å². The summed E-state index contributed by atoms with van der Waals surface area (Å²) in [5, 5.41) is 3.35. The fourth-order valence-corrected chi connectivity index (χ4v) is 3.33. The average molecular weight is 386 g/mol. The maximum absolute atomic E-state index is 13.0. The van der Waals surface area contributed by atoms with Gasteiger partial charge in [0.05, 0.1) is 6.04 Å². The van der Waals surface area contributed by atoms with Crippen LogP contribution in [0.15, 0.2) is 72.8 Å². The molecular weight excluding hydrogens is 365 g/mol. The molecule has 3 aromatic carbocycles. The Kier molecular flexibility index (Phi) is 5.99. The molecule has 140 valence electrons. The number of halogens is 2. The van der Waals surface area contributed by atoms with Crippen molar-refractivity contribution in [3.63, 3.8) is 0 Å². The predicted molar refractivity (Wildman–Crippen MR) is 107 cm³/mol. The molecular formula is C22H21ClFNO2. The largest absolute Gasteiger partial charge is 0.484 e. The van der Waals surface area contributed by atoms with Gasteiger partial charge >= 0.3 is 0 Å². The summed E-state index contributed by atoms with van der Waals surface area (Å²) in [4.78, 5) is 0. The van der Waals surface area contributed by atoms with Crippen molar-refractivity contribution >= 4 is 12.4 Å². The smallest absolute Gasteiger partial charge is 0.140 e. The zero-order chi connectivity index (χ0) is 17.9. The van der Waals surface area contributed by atoms with E-state index >= 15 is 0 Å². The van der Waals surface area contributed by atoms with Gasteiger partial charge in [0.2, 0.25) is 0 Å². The summed E-state index contributed by atoms with van der Waals surface area (Å²) in [5.74, 6) is 1.79. The van der Waals surface area contributed by atoms with Crippen molar-refractivity contribution in [1.29, 1.82) is 0 Å². The van der Waals surface area contributed by atoms with Crippen LogP contribution in [0.5, 0.6) is 17.2 Å². The SMILES string of the molecule is CNC1Cc2ccccc2C1Oc1ccc(Oc2ccc(F)cc2)cc1.Cl. The van der Waals surface area contributed by atoms with Gasteiger partial charge in [-0.3, -0.25) is 0 Å². The Morgan fingerprint density at radius 2 is 1.44 bits per heavy atom. The van der Waals surface area contributed by atoms with Crippen LogP contribution in [-0.4, -0.2) is 13.1 Å². The van der Waals surface area contributed by atoms with Gasteiger partial charge in [0.15, 0.2) is 0 Å². The molecule has 0 saturated carbocycles. The standard InChI is InChI=1S/C22H20FNO2.ClH/c1-24-21-14-15-4-2-3-5-20(15)22(21)26-19-12-10-18(11-13-19)25-17-8-6-16(23)7-9-17;/h2-13,21-22,24H,14H2,1H3;1H. The van der Waals surface area contributed by atoms with E-state index in [2.05, 4.69) is 23.5 Å². The highest BCUT2D eigenvalue weighted by molar-refractivity contribution is 5.85. The van der Waals surface area contributed by atoms with E-state index in [1.807, 2.05) is 37.4 Å². The molecule has 0 fully saturated rings. The molecule has 27 heavy (non-hydrogen) atoms. The van der Waals surface area contributed by atoms with E-state index in [0.717, 1.165) is 12.2 Å². The maximum atomic E-state index is 13.0. The highest BCUT2D eigenvalue weighted by Crippen LogP contribution is 2.35. The van der Waals surface area contributed by atoms with Crippen molar-refractivity contribution < 1.29 is 13.9 Å². The van der Waals surface area contributed by atoms with Gasteiger partial charge in [0.25, 0.3) is 0 Å². The third-order valence-corrected chi connectivity index (χ3v) is 4.67. The summed E-state index contributed by atoms with van der Waals surface area (Å²) in [6, 6.07) is 22.1. The Morgan fingerprint density at radius 1 is 0.852 bits per heavy atom. The van der Waals surface area contributed by atoms with Crippen LogP contribution >= 0.6 is 12.4 Å². The quantitative estimate of drug-likeness (QED) is 0.646. The lowest BCUT2D eigenvalue weighted by Gasteiger charge is -2.22. The highest BCUT2D eigenvalue weighted by atomic mass is 35.5. The summed E-state index contributed by atoms with van der Waals surface area (Å²) in [5.41, 5.74) is 2.56. The summed E-state index contributed by atoms with van der Waals surface area (Å²) in [6.07, 6.45) is 0.948. The van der Waals surface area contributed by atoms with E-state index < -0.39 is 0 Å². The Balaban J connectivity index is 0.00000210. The summed E-state index contributed by atoms with van der Waals surface area (Å²) >= 11 is 0. The van der Waals surface area contributed by atoms with Gasteiger partial charge < -0.3 is 14.8 Å². The molecule has 0 heterocycles. The van der Waals surface area contributed by atoms with Crippen LogP contribution < -0.4 is 14.8 Å². The molecule has 0 radical (unpaired) electrons. The predicted octanol–water partition coefficient (Wildman–Crippen LogP) is 5.30. The molecule has 0 saturated heterocycles. The van der Waals surface area contributed by atoms with Gasteiger partial charge in [0.1, 0.15) is 29.2 Å². The molecule has 2 atom stereocenters. The molecule has 1 aliphatic rings. The molecule has 1 N–H and O–H groups in total. The first-order valence-corrected chi connectivity index (χ1v) is 8.68. The van der Waals surface area contributed by atoms with Gasteiger partial charge in [-0.05, 0) is 73.1 Å². The van der Waals surface area contributed by atoms with Crippen molar-refractivity contribution in [2.24, 2.45) is 0 Å².